The fourth-order valence-electron chi connectivity index (χ4n) is 2.52. The molecule has 1 heterocycles. The summed E-state index contributed by atoms with van der Waals surface area (Å²) in [6.45, 7) is 2.72. The van der Waals surface area contributed by atoms with Crippen LogP contribution in [0, 0.1) is 0 Å². The number of anilines is 1. The Bertz CT molecular complexity index is 607. The van der Waals surface area contributed by atoms with E-state index in [1.807, 2.05) is 6.92 Å². The zero-order chi connectivity index (χ0) is 14.8. The minimum Gasteiger partial charge on any atom is -0.323 e. The summed E-state index contributed by atoms with van der Waals surface area (Å²) >= 11 is 0. The van der Waals surface area contributed by atoms with Gasteiger partial charge in [-0.15, -0.1) is 0 Å². The summed E-state index contributed by atoms with van der Waals surface area (Å²) in [5, 5.41) is 11.1. The van der Waals surface area contributed by atoms with E-state index in [1.165, 1.54) is 12.1 Å². The molecule has 110 valence electrons. The third-order valence-corrected chi connectivity index (χ3v) is 4.69. The molecule has 0 bridgehead atoms. The van der Waals surface area contributed by atoms with Gasteiger partial charge in [-0.3, -0.25) is 4.79 Å². The van der Waals surface area contributed by atoms with Crippen molar-refractivity contribution < 1.29 is 13.2 Å². The average molecular weight is 297 g/mol. The SMILES string of the molecule is CCC1(C(=O)Nc2ccccc2S(N)(=O)=O)CCCN1. The Kier molecular flexibility index (Phi) is 4.12. The van der Waals surface area contributed by atoms with Crippen molar-refractivity contribution in [1.29, 1.82) is 0 Å². The number of hydrogen-bond acceptors (Lipinski definition) is 4. The van der Waals surface area contributed by atoms with E-state index in [1.54, 1.807) is 12.1 Å². The van der Waals surface area contributed by atoms with E-state index < -0.39 is 15.6 Å². The minimum absolute atomic E-state index is 0.0717. The van der Waals surface area contributed by atoms with Crippen LogP contribution in [0.5, 0.6) is 0 Å². The summed E-state index contributed by atoms with van der Waals surface area (Å²) in [5.74, 6) is -0.214. The van der Waals surface area contributed by atoms with Gasteiger partial charge >= 0.3 is 0 Å². The zero-order valence-electron chi connectivity index (χ0n) is 11.3. The highest BCUT2D eigenvalue weighted by molar-refractivity contribution is 7.89. The fourth-order valence-corrected chi connectivity index (χ4v) is 3.22. The van der Waals surface area contributed by atoms with E-state index >= 15 is 0 Å². The molecule has 0 saturated carbocycles. The van der Waals surface area contributed by atoms with Crippen LogP contribution in [0.4, 0.5) is 5.69 Å². The summed E-state index contributed by atoms with van der Waals surface area (Å²) in [6, 6.07) is 6.14. The van der Waals surface area contributed by atoms with Crippen molar-refractivity contribution in [3.63, 3.8) is 0 Å². The first-order chi connectivity index (χ1) is 9.39. The number of nitrogens with two attached hydrogens (primary N) is 1. The van der Waals surface area contributed by atoms with Gasteiger partial charge in [0.05, 0.1) is 11.2 Å². The van der Waals surface area contributed by atoms with Crippen LogP contribution in [0.3, 0.4) is 0 Å². The van der Waals surface area contributed by atoms with Gasteiger partial charge in [-0.25, -0.2) is 13.6 Å². The first-order valence-electron chi connectivity index (χ1n) is 6.57. The summed E-state index contributed by atoms with van der Waals surface area (Å²) in [6.07, 6.45) is 2.32. The number of rotatable bonds is 4. The molecule has 1 fully saturated rings. The van der Waals surface area contributed by atoms with Crippen LogP contribution in [-0.2, 0) is 14.8 Å². The van der Waals surface area contributed by atoms with Crippen LogP contribution >= 0.6 is 0 Å². The second-order valence-electron chi connectivity index (χ2n) is 4.96. The Morgan fingerprint density at radius 3 is 2.70 bits per heavy atom. The predicted molar refractivity (Wildman–Crippen MR) is 76.7 cm³/mol. The molecular weight excluding hydrogens is 278 g/mol. The van der Waals surface area contributed by atoms with Crippen molar-refractivity contribution in [1.82, 2.24) is 5.32 Å². The summed E-state index contributed by atoms with van der Waals surface area (Å²) in [7, 11) is -3.86. The molecule has 1 unspecified atom stereocenters. The molecule has 1 aliphatic heterocycles. The molecule has 1 aliphatic rings. The Balaban J connectivity index is 2.29. The lowest BCUT2D eigenvalue weighted by Crippen LogP contribution is -2.50. The number of carbonyl (C=O) groups is 1. The van der Waals surface area contributed by atoms with Crippen LogP contribution in [-0.4, -0.2) is 26.4 Å². The maximum Gasteiger partial charge on any atom is 0.244 e. The van der Waals surface area contributed by atoms with E-state index in [2.05, 4.69) is 10.6 Å². The quantitative estimate of drug-likeness (QED) is 0.765. The van der Waals surface area contributed by atoms with Gasteiger partial charge in [-0.1, -0.05) is 19.1 Å². The lowest BCUT2D eigenvalue weighted by molar-refractivity contribution is -0.122. The summed E-state index contributed by atoms with van der Waals surface area (Å²) < 4.78 is 23.0. The molecule has 0 spiro atoms. The maximum absolute atomic E-state index is 12.4. The number of nitrogens with one attached hydrogen (secondary N) is 2. The maximum atomic E-state index is 12.4. The van der Waals surface area contributed by atoms with Crippen molar-refractivity contribution >= 4 is 21.6 Å². The lowest BCUT2D eigenvalue weighted by atomic mass is 9.93. The molecular formula is C13H19N3O3S. The highest BCUT2D eigenvalue weighted by Gasteiger charge is 2.39. The van der Waals surface area contributed by atoms with Crippen molar-refractivity contribution in [3.05, 3.63) is 24.3 Å². The van der Waals surface area contributed by atoms with Crippen LogP contribution < -0.4 is 15.8 Å². The number of amides is 1. The molecule has 2 rings (SSSR count). The minimum atomic E-state index is -3.86. The van der Waals surface area contributed by atoms with Gasteiger partial charge in [-0.2, -0.15) is 0 Å². The number of para-hydroxylation sites is 1. The van der Waals surface area contributed by atoms with Crippen molar-refractivity contribution in [2.24, 2.45) is 5.14 Å². The molecule has 1 atom stereocenters. The topological polar surface area (TPSA) is 101 Å². The second-order valence-corrected chi connectivity index (χ2v) is 6.49. The van der Waals surface area contributed by atoms with Crippen molar-refractivity contribution in [2.75, 3.05) is 11.9 Å². The Hall–Kier alpha value is -1.44. The second kappa shape index (κ2) is 5.51. The van der Waals surface area contributed by atoms with E-state index in [4.69, 9.17) is 5.14 Å². The molecule has 20 heavy (non-hydrogen) atoms. The van der Waals surface area contributed by atoms with Crippen LogP contribution in [0.1, 0.15) is 26.2 Å². The number of primary sulfonamides is 1. The highest BCUT2D eigenvalue weighted by Crippen LogP contribution is 2.26. The largest absolute Gasteiger partial charge is 0.323 e. The highest BCUT2D eigenvalue weighted by atomic mass is 32.2. The summed E-state index contributed by atoms with van der Waals surface area (Å²) in [4.78, 5) is 12.4. The standard InChI is InChI=1S/C13H19N3O3S/c1-2-13(8-5-9-15-13)12(17)16-10-6-3-4-7-11(10)20(14,18)19/h3-4,6-7,15H,2,5,8-9H2,1H3,(H,16,17)(H2,14,18,19). The van der Waals surface area contributed by atoms with Gasteiger partial charge in [0, 0.05) is 0 Å². The van der Waals surface area contributed by atoms with Crippen LogP contribution in [0.15, 0.2) is 29.2 Å². The molecule has 1 amide bonds. The van der Waals surface area contributed by atoms with Gasteiger partial charge < -0.3 is 10.6 Å². The molecule has 0 aliphatic carbocycles. The Morgan fingerprint density at radius 1 is 1.45 bits per heavy atom. The smallest absolute Gasteiger partial charge is 0.244 e. The molecule has 4 N–H and O–H groups in total. The predicted octanol–water partition coefficient (Wildman–Crippen LogP) is 0.805. The van der Waals surface area contributed by atoms with Crippen LogP contribution in [0.2, 0.25) is 0 Å². The van der Waals surface area contributed by atoms with Gasteiger partial charge in [0.15, 0.2) is 0 Å². The number of hydrogen-bond donors (Lipinski definition) is 3. The van der Waals surface area contributed by atoms with Crippen molar-refractivity contribution in [3.8, 4) is 0 Å². The monoisotopic (exact) mass is 297 g/mol. The fraction of sp³-hybridized carbons (Fsp3) is 0.462. The molecule has 6 nitrogen and oxygen atoms in total. The average Bonchev–Trinajstić information content (AvgIpc) is 2.88. The molecule has 1 aromatic carbocycles. The normalized spacial score (nSPS) is 22.7. The van der Waals surface area contributed by atoms with E-state index in [0.29, 0.717) is 6.42 Å². The molecule has 7 heteroatoms. The van der Waals surface area contributed by atoms with E-state index in [9.17, 15) is 13.2 Å². The van der Waals surface area contributed by atoms with Crippen LogP contribution in [0.25, 0.3) is 0 Å². The van der Waals surface area contributed by atoms with Crippen molar-refractivity contribution in [2.45, 2.75) is 36.6 Å². The Morgan fingerprint density at radius 2 is 2.15 bits per heavy atom. The Labute approximate surface area is 118 Å². The van der Waals surface area contributed by atoms with E-state index in [0.717, 1.165) is 19.4 Å². The first-order valence-corrected chi connectivity index (χ1v) is 8.12. The van der Waals surface area contributed by atoms with Gasteiger partial charge in [0.1, 0.15) is 4.90 Å². The molecule has 1 aromatic rings. The molecule has 0 radical (unpaired) electrons. The number of sulfonamides is 1. The van der Waals surface area contributed by atoms with Gasteiger partial charge in [-0.05, 0) is 37.9 Å². The first kappa shape index (κ1) is 15.0. The zero-order valence-corrected chi connectivity index (χ0v) is 12.2. The van der Waals surface area contributed by atoms with E-state index in [-0.39, 0.29) is 16.5 Å². The van der Waals surface area contributed by atoms with Gasteiger partial charge in [0.25, 0.3) is 0 Å². The lowest BCUT2D eigenvalue weighted by Gasteiger charge is -2.27. The molecule has 1 saturated heterocycles. The third kappa shape index (κ3) is 2.84. The number of carbonyl (C=O) groups excluding carboxylic acids is 1. The summed E-state index contributed by atoms with van der Waals surface area (Å²) in [5.41, 5.74) is -0.396. The van der Waals surface area contributed by atoms with Gasteiger partial charge in [0.2, 0.25) is 15.9 Å². The molecule has 0 aromatic heterocycles. The third-order valence-electron chi connectivity index (χ3n) is 3.72. The number of benzene rings is 1.